The summed E-state index contributed by atoms with van der Waals surface area (Å²) in [6.07, 6.45) is 7.50. The van der Waals surface area contributed by atoms with Crippen molar-refractivity contribution in [3.63, 3.8) is 0 Å². The van der Waals surface area contributed by atoms with E-state index in [0.717, 1.165) is 74.3 Å². The molecule has 1 N–H and O–H groups in total. The first-order chi connectivity index (χ1) is 19.0. The second kappa shape index (κ2) is 15.2. The molecule has 3 aromatic rings. The lowest BCUT2D eigenvalue weighted by atomic mass is 9.77. The van der Waals surface area contributed by atoms with E-state index in [0.29, 0.717) is 18.9 Å². The first kappa shape index (κ1) is 32.4. The van der Waals surface area contributed by atoms with Gasteiger partial charge in [-0.1, -0.05) is 48.5 Å². The minimum atomic E-state index is -0.218. The van der Waals surface area contributed by atoms with E-state index < -0.39 is 0 Å². The monoisotopic (exact) mass is 598 g/mol. The molecule has 7 nitrogen and oxygen atoms in total. The average Bonchev–Trinajstić information content (AvgIpc) is 3.27. The second-order valence-electron chi connectivity index (χ2n) is 10.8. The van der Waals surface area contributed by atoms with Crippen molar-refractivity contribution in [1.82, 2.24) is 20.1 Å². The first-order valence-electron chi connectivity index (χ1n) is 13.9. The second-order valence-corrected chi connectivity index (χ2v) is 10.8. The predicted molar refractivity (Wildman–Crippen MR) is 166 cm³/mol. The van der Waals surface area contributed by atoms with Gasteiger partial charge in [0.15, 0.2) is 0 Å². The van der Waals surface area contributed by atoms with Gasteiger partial charge in [0.05, 0.1) is 25.0 Å². The molecule has 2 aliphatic rings. The number of likely N-dealkylation sites (tertiary alicyclic amines) is 2. The van der Waals surface area contributed by atoms with Crippen LogP contribution in [-0.4, -0.2) is 59.9 Å². The number of carbonyl (C=O) groups is 2. The minimum Gasteiger partial charge on any atom is -0.497 e. The van der Waals surface area contributed by atoms with Crippen LogP contribution in [0, 0.1) is 5.41 Å². The van der Waals surface area contributed by atoms with Crippen molar-refractivity contribution in [2.75, 3.05) is 33.3 Å². The molecule has 0 saturated carbocycles. The van der Waals surface area contributed by atoms with Gasteiger partial charge in [-0.2, -0.15) is 0 Å². The number of pyridine rings is 1. The highest BCUT2D eigenvalue weighted by Crippen LogP contribution is 2.42. The fourth-order valence-electron chi connectivity index (χ4n) is 5.92. The van der Waals surface area contributed by atoms with Gasteiger partial charge in [-0.25, -0.2) is 0 Å². The van der Waals surface area contributed by atoms with Crippen molar-refractivity contribution < 1.29 is 14.3 Å². The van der Waals surface area contributed by atoms with Crippen molar-refractivity contribution in [3.8, 4) is 5.75 Å². The van der Waals surface area contributed by atoms with Gasteiger partial charge < -0.3 is 19.9 Å². The van der Waals surface area contributed by atoms with Crippen LogP contribution in [0.3, 0.4) is 0 Å². The molecule has 2 aromatic carbocycles. The fraction of sp³-hybridized carbons (Fsp3) is 0.406. The summed E-state index contributed by atoms with van der Waals surface area (Å²) < 4.78 is 5.22. The van der Waals surface area contributed by atoms with Gasteiger partial charge in [0.2, 0.25) is 11.8 Å². The minimum absolute atomic E-state index is 0. The molecular formula is C32H40Cl2N4O3. The zero-order chi connectivity index (χ0) is 27.1. The number of hydrogen-bond acceptors (Lipinski definition) is 5. The summed E-state index contributed by atoms with van der Waals surface area (Å²) in [5.74, 6) is 1.10. The molecule has 0 bridgehead atoms. The lowest BCUT2D eigenvalue weighted by Crippen LogP contribution is -2.45. The van der Waals surface area contributed by atoms with Gasteiger partial charge in [-0.15, -0.1) is 24.8 Å². The van der Waals surface area contributed by atoms with Crippen LogP contribution >= 0.6 is 24.8 Å². The van der Waals surface area contributed by atoms with E-state index in [1.165, 1.54) is 0 Å². The molecule has 1 atom stereocenters. The molecule has 1 unspecified atom stereocenters. The molecular weight excluding hydrogens is 559 g/mol. The van der Waals surface area contributed by atoms with Crippen LogP contribution in [0.4, 0.5) is 0 Å². The molecule has 2 fully saturated rings. The van der Waals surface area contributed by atoms with Gasteiger partial charge in [0.25, 0.3) is 0 Å². The molecule has 0 aliphatic carbocycles. The van der Waals surface area contributed by atoms with E-state index in [4.69, 9.17) is 4.74 Å². The van der Waals surface area contributed by atoms with Gasteiger partial charge in [0, 0.05) is 32.0 Å². The van der Waals surface area contributed by atoms with Crippen LogP contribution in [0.15, 0.2) is 79.1 Å². The van der Waals surface area contributed by atoms with Crippen molar-refractivity contribution in [2.24, 2.45) is 5.41 Å². The molecule has 2 saturated heterocycles. The number of piperidine rings is 1. The summed E-state index contributed by atoms with van der Waals surface area (Å²) in [4.78, 5) is 35.0. The van der Waals surface area contributed by atoms with Crippen molar-refractivity contribution in [1.29, 1.82) is 0 Å². The Morgan fingerprint density at radius 1 is 0.951 bits per heavy atom. The molecule has 5 rings (SSSR count). The summed E-state index contributed by atoms with van der Waals surface area (Å²) in [6.45, 7) is 4.17. The number of aromatic nitrogens is 1. The lowest BCUT2D eigenvalue weighted by Gasteiger charge is -2.38. The number of amides is 2. The predicted octanol–water partition coefficient (Wildman–Crippen LogP) is 5.24. The van der Waals surface area contributed by atoms with E-state index in [-0.39, 0.29) is 42.2 Å². The Morgan fingerprint density at radius 3 is 2.32 bits per heavy atom. The zero-order valence-corrected chi connectivity index (χ0v) is 25.2. The quantitative estimate of drug-likeness (QED) is 0.345. The molecule has 0 radical (unpaired) electrons. The first-order valence-corrected chi connectivity index (χ1v) is 13.9. The zero-order valence-electron chi connectivity index (χ0n) is 23.5. The number of halogens is 2. The van der Waals surface area contributed by atoms with Gasteiger partial charge in [0.1, 0.15) is 5.75 Å². The third-order valence-corrected chi connectivity index (χ3v) is 8.31. The van der Waals surface area contributed by atoms with Crippen LogP contribution in [-0.2, 0) is 22.6 Å². The summed E-state index contributed by atoms with van der Waals surface area (Å²) in [5.41, 5.74) is 2.94. The van der Waals surface area contributed by atoms with E-state index in [2.05, 4.69) is 27.3 Å². The molecule has 2 amide bonds. The van der Waals surface area contributed by atoms with Crippen molar-refractivity contribution in [3.05, 3.63) is 95.8 Å². The van der Waals surface area contributed by atoms with E-state index in [1.54, 1.807) is 13.3 Å². The van der Waals surface area contributed by atoms with Gasteiger partial charge in [-0.3, -0.25) is 14.6 Å². The lowest BCUT2D eigenvalue weighted by molar-refractivity contribution is -0.139. The van der Waals surface area contributed by atoms with Crippen LogP contribution in [0.1, 0.15) is 48.4 Å². The summed E-state index contributed by atoms with van der Waals surface area (Å²) in [5, 5.41) is 3.27. The third-order valence-electron chi connectivity index (χ3n) is 8.31. The highest BCUT2D eigenvalue weighted by atomic mass is 35.5. The SMILES string of the molecule is COc1ccc(CC(=O)NC(CCN2CCC3(CC2)CCN(Cc2cccnc2)C3=O)c2ccccc2)cc1.Cl.Cl. The topological polar surface area (TPSA) is 74.8 Å². The van der Waals surface area contributed by atoms with Crippen molar-refractivity contribution >= 4 is 36.6 Å². The number of nitrogens with zero attached hydrogens (tertiary/aromatic N) is 3. The number of methoxy groups -OCH3 is 1. The summed E-state index contributed by atoms with van der Waals surface area (Å²) in [7, 11) is 1.64. The number of benzene rings is 2. The molecule has 9 heteroatoms. The van der Waals surface area contributed by atoms with Gasteiger partial charge >= 0.3 is 0 Å². The van der Waals surface area contributed by atoms with Crippen molar-refractivity contribution in [2.45, 2.75) is 44.7 Å². The number of carbonyl (C=O) groups excluding carboxylic acids is 2. The fourth-order valence-corrected chi connectivity index (χ4v) is 5.92. The number of nitrogens with one attached hydrogen (secondary N) is 1. The maximum Gasteiger partial charge on any atom is 0.229 e. The molecule has 1 aromatic heterocycles. The van der Waals surface area contributed by atoms with Crippen LogP contribution in [0.25, 0.3) is 0 Å². The highest BCUT2D eigenvalue weighted by Gasteiger charge is 2.47. The Morgan fingerprint density at radius 2 is 1.66 bits per heavy atom. The number of ether oxygens (including phenoxy) is 1. The standard InChI is InChI=1S/C32H38N4O3.2ClH/c1-39-28-11-9-25(10-12-28)22-30(37)34-29(27-7-3-2-4-8-27)13-18-35-19-14-32(15-20-35)16-21-36(31(32)38)24-26-6-5-17-33-23-26;;/h2-12,17,23,29H,13-16,18-22,24H2,1H3,(H,34,37);2*1H. The maximum absolute atomic E-state index is 13.4. The highest BCUT2D eigenvalue weighted by molar-refractivity contribution is 5.86. The summed E-state index contributed by atoms with van der Waals surface area (Å²) >= 11 is 0. The largest absolute Gasteiger partial charge is 0.497 e. The van der Waals surface area contributed by atoms with E-state index >= 15 is 0 Å². The van der Waals surface area contributed by atoms with E-state index in [1.807, 2.05) is 65.7 Å². The van der Waals surface area contributed by atoms with E-state index in [9.17, 15) is 9.59 Å². The van der Waals surface area contributed by atoms with Crippen LogP contribution in [0.2, 0.25) is 0 Å². The van der Waals surface area contributed by atoms with Crippen LogP contribution < -0.4 is 10.1 Å². The Hall–Kier alpha value is -3.13. The van der Waals surface area contributed by atoms with Crippen LogP contribution in [0.5, 0.6) is 5.75 Å². The molecule has 41 heavy (non-hydrogen) atoms. The number of rotatable bonds is 10. The Bertz CT molecular complexity index is 1240. The normalized spacial score (nSPS) is 16.9. The summed E-state index contributed by atoms with van der Waals surface area (Å²) in [6, 6.07) is 21.7. The Labute approximate surface area is 255 Å². The maximum atomic E-state index is 13.4. The van der Waals surface area contributed by atoms with Gasteiger partial charge in [-0.05, 0) is 73.7 Å². The number of hydrogen-bond donors (Lipinski definition) is 1. The molecule has 3 heterocycles. The third kappa shape index (κ3) is 8.22. The average molecular weight is 600 g/mol. The molecule has 220 valence electrons. The Balaban J connectivity index is 0.00000231. The smallest absolute Gasteiger partial charge is 0.229 e. The molecule has 1 spiro atoms. The Kier molecular flexibility index (Phi) is 12.0. The molecule has 2 aliphatic heterocycles.